The number of nitrogens with one attached hydrogen (secondary N) is 1. The summed E-state index contributed by atoms with van der Waals surface area (Å²) in [7, 11) is 1.61. The minimum absolute atomic E-state index is 0.0746. The summed E-state index contributed by atoms with van der Waals surface area (Å²) in [6.07, 6.45) is 1.82. The highest BCUT2D eigenvalue weighted by atomic mass is 35.5. The fourth-order valence-electron chi connectivity index (χ4n) is 3.38. The lowest BCUT2D eigenvalue weighted by Gasteiger charge is -2.32. The molecule has 0 bridgehead atoms. The molecule has 0 unspecified atom stereocenters. The van der Waals surface area contributed by atoms with E-state index in [4.69, 9.17) is 20.8 Å². The van der Waals surface area contributed by atoms with Crippen molar-refractivity contribution in [3.63, 3.8) is 0 Å². The number of ether oxygens (including phenoxy) is 1. The van der Waals surface area contributed by atoms with Gasteiger partial charge in [-0.3, -0.25) is 4.79 Å². The first-order chi connectivity index (χ1) is 15.0. The summed E-state index contributed by atoms with van der Waals surface area (Å²) in [6, 6.07) is 15.2. The normalized spacial score (nSPS) is 11.4. The van der Waals surface area contributed by atoms with Gasteiger partial charge in [-0.15, -0.1) is 10.2 Å². The highest BCUT2D eigenvalue weighted by Crippen LogP contribution is 2.32. The van der Waals surface area contributed by atoms with E-state index in [-0.39, 0.29) is 17.1 Å². The van der Waals surface area contributed by atoms with Crippen molar-refractivity contribution < 1.29 is 13.9 Å². The Morgan fingerprint density at radius 1 is 1.10 bits per heavy atom. The van der Waals surface area contributed by atoms with E-state index in [1.54, 1.807) is 7.11 Å². The molecule has 0 radical (unpaired) electrons. The second-order valence-electron chi connectivity index (χ2n) is 7.16. The van der Waals surface area contributed by atoms with Gasteiger partial charge >= 0.3 is 0 Å². The molecule has 31 heavy (non-hydrogen) atoms. The smallest absolute Gasteiger partial charge is 0.277 e. The van der Waals surface area contributed by atoms with Crippen molar-refractivity contribution in [2.24, 2.45) is 0 Å². The van der Waals surface area contributed by atoms with Crippen molar-refractivity contribution in [3.05, 3.63) is 59.1 Å². The lowest BCUT2D eigenvalue weighted by atomic mass is 9.76. The average Bonchev–Trinajstić information content (AvgIpc) is 3.29. The quantitative estimate of drug-likeness (QED) is 0.411. The van der Waals surface area contributed by atoms with Gasteiger partial charge in [0.1, 0.15) is 5.75 Å². The van der Waals surface area contributed by atoms with E-state index in [1.807, 2.05) is 48.5 Å². The van der Waals surface area contributed by atoms with Crippen LogP contribution in [0.15, 0.2) is 58.2 Å². The first-order valence-corrected chi connectivity index (χ1v) is 11.5. The zero-order valence-electron chi connectivity index (χ0n) is 17.9. The Balaban J connectivity index is 1.56. The molecule has 8 heteroatoms. The van der Waals surface area contributed by atoms with Crippen molar-refractivity contribution in [2.45, 2.75) is 37.3 Å². The van der Waals surface area contributed by atoms with Gasteiger partial charge in [0, 0.05) is 22.5 Å². The number of methoxy groups -OCH3 is 1. The minimum atomic E-state index is -0.128. The number of halogens is 1. The zero-order chi connectivity index (χ0) is 22.3. The monoisotopic (exact) mass is 459 g/mol. The molecule has 6 nitrogen and oxygen atoms in total. The molecule has 0 aliphatic heterocycles. The van der Waals surface area contributed by atoms with Crippen molar-refractivity contribution in [1.29, 1.82) is 0 Å². The number of rotatable bonds is 10. The van der Waals surface area contributed by atoms with E-state index < -0.39 is 0 Å². The SMILES string of the molecule is CCC(CC)(CNC(=O)CSc1nnc(-c2ccc(OC)cc2)o1)c1ccc(Cl)cc1. The van der Waals surface area contributed by atoms with Crippen LogP contribution in [0.3, 0.4) is 0 Å². The molecule has 1 N–H and O–H groups in total. The van der Waals surface area contributed by atoms with Crippen LogP contribution in [0.4, 0.5) is 0 Å². The van der Waals surface area contributed by atoms with Crippen LogP contribution in [0.25, 0.3) is 11.5 Å². The molecule has 0 atom stereocenters. The summed E-state index contributed by atoms with van der Waals surface area (Å²) in [5.41, 5.74) is 1.84. The maximum Gasteiger partial charge on any atom is 0.277 e. The van der Waals surface area contributed by atoms with Gasteiger partial charge in [0.25, 0.3) is 5.22 Å². The Morgan fingerprint density at radius 3 is 2.39 bits per heavy atom. The molecule has 0 aliphatic rings. The molecule has 2 aromatic carbocycles. The molecular formula is C23H26ClN3O3S. The summed E-state index contributed by atoms with van der Waals surface area (Å²) in [6.45, 7) is 4.83. The molecule has 0 saturated carbocycles. The first-order valence-electron chi connectivity index (χ1n) is 10.1. The van der Waals surface area contributed by atoms with Gasteiger partial charge in [0.2, 0.25) is 11.8 Å². The second-order valence-corrected chi connectivity index (χ2v) is 8.52. The van der Waals surface area contributed by atoms with Crippen LogP contribution in [0, 0.1) is 0 Å². The van der Waals surface area contributed by atoms with Crippen LogP contribution in [-0.2, 0) is 10.2 Å². The molecule has 1 aromatic heterocycles. The highest BCUT2D eigenvalue weighted by Gasteiger charge is 2.29. The Hall–Kier alpha value is -2.51. The van der Waals surface area contributed by atoms with Crippen LogP contribution in [0.2, 0.25) is 5.02 Å². The number of amides is 1. The Kier molecular flexibility index (Phi) is 7.98. The van der Waals surface area contributed by atoms with E-state index in [0.29, 0.717) is 22.7 Å². The Bertz CT molecular complexity index is 986. The summed E-state index contributed by atoms with van der Waals surface area (Å²) in [5.74, 6) is 1.29. The van der Waals surface area contributed by atoms with Crippen molar-refractivity contribution >= 4 is 29.3 Å². The predicted octanol–water partition coefficient (Wildman–Crippen LogP) is 5.36. The molecule has 164 valence electrons. The maximum absolute atomic E-state index is 12.5. The minimum Gasteiger partial charge on any atom is -0.497 e. The molecule has 0 saturated heterocycles. The van der Waals surface area contributed by atoms with E-state index in [9.17, 15) is 4.79 Å². The van der Waals surface area contributed by atoms with Gasteiger partial charge in [-0.25, -0.2) is 0 Å². The number of benzene rings is 2. The second kappa shape index (κ2) is 10.7. The van der Waals surface area contributed by atoms with Crippen LogP contribution >= 0.6 is 23.4 Å². The zero-order valence-corrected chi connectivity index (χ0v) is 19.4. The third-order valence-electron chi connectivity index (χ3n) is 5.50. The number of aromatic nitrogens is 2. The number of carbonyl (C=O) groups is 1. The van der Waals surface area contributed by atoms with Gasteiger partial charge in [-0.05, 0) is 54.8 Å². The fourth-order valence-corrected chi connectivity index (χ4v) is 4.10. The van der Waals surface area contributed by atoms with E-state index in [1.165, 1.54) is 17.3 Å². The van der Waals surface area contributed by atoms with Crippen molar-refractivity contribution in [1.82, 2.24) is 15.5 Å². The van der Waals surface area contributed by atoms with Crippen LogP contribution in [0.5, 0.6) is 5.75 Å². The molecule has 1 heterocycles. The third-order valence-corrected chi connectivity index (χ3v) is 6.57. The summed E-state index contributed by atoms with van der Waals surface area (Å²) < 4.78 is 10.8. The number of carbonyl (C=O) groups excluding carboxylic acids is 1. The first kappa shape index (κ1) is 23.2. The molecule has 1 amide bonds. The summed E-state index contributed by atoms with van der Waals surface area (Å²) in [5, 5.41) is 12.2. The molecule has 3 rings (SSSR count). The van der Waals surface area contributed by atoms with Gasteiger partial charge < -0.3 is 14.5 Å². The molecule has 0 fully saturated rings. The molecule has 3 aromatic rings. The topological polar surface area (TPSA) is 77.2 Å². The van der Waals surface area contributed by atoms with Crippen LogP contribution in [-0.4, -0.2) is 35.5 Å². The van der Waals surface area contributed by atoms with Crippen molar-refractivity contribution in [2.75, 3.05) is 19.4 Å². The predicted molar refractivity (Wildman–Crippen MR) is 124 cm³/mol. The molecule has 0 aliphatic carbocycles. The number of thioether (sulfide) groups is 1. The Morgan fingerprint density at radius 2 is 1.77 bits per heavy atom. The van der Waals surface area contributed by atoms with Gasteiger partial charge in [-0.1, -0.05) is 49.3 Å². The highest BCUT2D eigenvalue weighted by molar-refractivity contribution is 7.99. The van der Waals surface area contributed by atoms with E-state index in [2.05, 4.69) is 29.4 Å². The lowest BCUT2D eigenvalue weighted by Crippen LogP contribution is -2.40. The fraction of sp³-hybridized carbons (Fsp3) is 0.348. The number of hydrogen-bond acceptors (Lipinski definition) is 6. The van der Waals surface area contributed by atoms with Gasteiger partial charge in [-0.2, -0.15) is 0 Å². The van der Waals surface area contributed by atoms with Gasteiger partial charge in [0.05, 0.1) is 12.9 Å². The maximum atomic E-state index is 12.5. The molecule has 0 spiro atoms. The van der Waals surface area contributed by atoms with E-state index >= 15 is 0 Å². The largest absolute Gasteiger partial charge is 0.497 e. The number of nitrogens with zero attached hydrogens (tertiary/aromatic N) is 2. The number of hydrogen-bond donors (Lipinski definition) is 1. The lowest BCUT2D eigenvalue weighted by molar-refractivity contribution is -0.118. The summed E-state index contributed by atoms with van der Waals surface area (Å²) >= 11 is 7.25. The average molecular weight is 460 g/mol. The summed E-state index contributed by atoms with van der Waals surface area (Å²) in [4.78, 5) is 12.5. The van der Waals surface area contributed by atoms with Crippen molar-refractivity contribution in [3.8, 4) is 17.2 Å². The Labute approximate surface area is 191 Å². The van der Waals surface area contributed by atoms with Crippen LogP contribution < -0.4 is 10.1 Å². The van der Waals surface area contributed by atoms with Crippen LogP contribution in [0.1, 0.15) is 32.3 Å². The van der Waals surface area contributed by atoms with E-state index in [0.717, 1.165) is 24.2 Å². The third kappa shape index (κ3) is 5.80. The van der Waals surface area contributed by atoms with Gasteiger partial charge in [0.15, 0.2) is 0 Å². The molecular weight excluding hydrogens is 434 g/mol. The standard InChI is InChI=1S/C23H26ClN3O3S/c1-4-23(5-2,17-8-10-18(24)11-9-17)15-25-20(28)14-31-22-27-26-21(30-22)16-6-12-19(29-3)13-7-16/h6-13H,4-5,14-15H2,1-3H3,(H,25,28).